The summed E-state index contributed by atoms with van der Waals surface area (Å²) < 4.78 is 0.806. The zero-order chi connectivity index (χ0) is 8.85. The van der Waals surface area contributed by atoms with Gasteiger partial charge in [-0.15, -0.1) is 0 Å². The first kappa shape index (κ1) is 10.6. The second-order valence-electron chi connectivity index (χ2n) is 2.01. The van der Waals surface area contributed by atoms with Crippen molar-refractivity contribution in [3.63, 3.8) is 0 Å². The fraction of sp³-hybridized carbons (Fsp3) is 0.333. The van der Waals surface area contributed by atoms with Crippen molar-refractivity contribution in [2.75, 3.05) is 0 Å². The molecule has 0 rings (SSSR count). The average Bonchev–Trinajstić information content (AvgIpc) is 1.86. The number of hydrogen-bond donors (Lipinski definition) is 1. The van der Waals surface area contributed by atoms with E-state index in [1.165, 1.54) is 6.08 Å². The Balaban J connectivity index is 4.50. The molecule has 0 saturated carbocycles. The topological polar surface area (TPSA) is 69.2 Å². The van der Waals surface area contributed by atoms with Gasteiger partial charge in [0.1, 0.15) is 0 Å². The fourth-order valence-corrected chi connectivity index (χ4v) is 1.48. The van der Waals surface area contributed by atoms with Gasteiger partial charge >= 0.3 is 81.0 Å². The van der Waals surface area contributed by atoms with E-state index in [1.54, 1.807) is 13.0 Å². The summed E-state index contributed by atoms with van der Waals surface area (Å²) in [6.07, 6.45) is 2.98. The third-order valence-electron chi connectivity index (χ3n) is 0.913. The Labute approximate surface area is 81.0 Å². The van der Waals surface area contributed by atoms with Crippen molar-refractivity contribution >= 4 is 25.8 Å². The SMILES string of the molecule is C/C(N)=C/C(=C\[CH2][Tl])[N+](=O)[O-]. The van der Waals surface area contributed by atoms with Crippen LogP contribution in [0, 0.1) is 10.1 Å². The molecule has 58 valence electrons. The Morgan fingerprint density at radius 1 is 1.82 bits per heavy atom. The van der Waals surface area contributed by atoms with Crippen LogP contribution in [0.1, 0.15) is 6.92 Å². The monoisotopic (exact) mass is 346 g/mol. The number of nitrogens with two attached hydrogens (primary N) is 1. The summed E-state index contributed by atoms with van der Waals surface area (Å²) in [5, 5.41) is 10.3. The zero-order valence-corrected chi connectivity index (χ0v) is 10.8. The summed E-state index contributed by atoms with van der Waals surface area (Å²) in [5.41, 5.74) is 5.86. The molecule has 2 N–H and O–H groups in total. The first-order chi connectivity index (χ1) is 5.07. The van der Waals surface area contributed by atoms with Crippen molar-refractivity contribution < 1.29 is 4.92 Å². The first-order valence-electron chi connectivity index (χ1n) is 3.06. The maximum absolute atomic E-state index is 10.3. The van der Waals surface area contributed by atoms with Gasteiger partial charge in [0.15, 0.2) is 0 Å². The van der Waals surface area contributed by atoms with Crippen LogP contribution in [-0.2, 0) is 0 Å². The van der Waals surface area contributed by atoms with Crippen LogP contribution in [0.2, 0.25) is 3.98 Å². The summed E-state index contributed by atoms with van der Waals surface area (Å²) in [7, 11) is 0. The van der Waals surface area contributed by atoms with Crippen molar-refractivity contribution in [2.45, 2.75) is 10.9 Å². The van der Waals surface area contributed by atoms with Gasteiger partial charge in [0, 0.05) is 0 Å². The second-order valence-corrected chi connectivity index (χ2v) is 3.84. The molecule has 0 heterocycles. The van der Waals surface area contributed by atoms with Crippen LogP contribution in [0.25, 0.3) is 0 Å². The van der Waals surface area contributed by atoms with Gasteiger partial charge in [-0.2, -0.15) is 0 Å². The molecule has 11 heavy (non-hydrogen) atoms. The van der Waals surface area contributed by atoms with E-state index in [-0.39, 0.29) is 5.70 Å². The molecule has 0 unspecified atom stereocenters. The summed E-state index contributed by atoms with van der Waals surface area (Å²) in [4.78, 5) is 9.86. The van der Waals surface area contributed by atoms with Gasteiger partial charge in [-0.1, -0.05) is 0 Å². The van der Waals surface area contributed by atoms with E-state index < -0.39 is 4.92 Å². The van der Waals surface area contributed by atoms with Crippen LogP contribution in [0.4, 0.5) is 0 Å². The van der Waals surface area contributed by atoms with Crippen molar-refractivity contribution in [3.05, 3.63) is 33.7 Å². The van der Waals surface area contributed by atoms with Crippen LogP contribution in [-0.4, -0.2) is 30.7 Å². The molecule has 0 aromatic heterocycles. The molecular formula is C6H9N2O2Tl. The van der Waals surface area contributed by atoms with Crippen LogP contribution >= 0.6 is 0 Å². The minimum atomic E-state index is -0.418. The Hall–Kier alpha value is -0.398. The Kier molecular flexibility index (Phi) is 5.09. The van der Waals surface area contributed by atoms with Gasteiger partial charge in [0.2, 0.25) is 0 Å². The van der Waals surface area contributed by atoms with E-state index in [0.29, 0.717) is 5.70 Å². The summed E-state index contributed by atoms with van der Waals surface area (Å²) in [6.45, 7) is 1.63. The molecule has 0 aliphatic rings. The van der Waals surface area contributed by atoms with E-state index >= 15 is 0 Å². The molecule has 0 radical (unpaired) electrons. The number of nitro groups is 1. The first-order valence-corrected chi connectivity index (χ1v) is 6.23. The summed E-state index contributed by atoms with van der Waals surface area (Å²) in [6, 6.07) is 0. The van der Waals surface area contributed by atoms with E-state index in [0.717, 1.165) is 29.7 Å². The normalized spacial score (nSPS) is 13.1. The molecule has 5 heteroatoms. The van der Waals surface area contributed by atoms with Gasteiger partial charge in [-0.3, -0.25) is 0 Å². The van der Waals surface area contributed by atoms with E-state index in [9.17, 15) is 10.1 Å². The second kappa shape index (κ2) is 5.28. The molecule has 0 fully saturated rings. The molecule has 0 spiro atoms. The van der Waals surface area contributed by atoms with Crippen molar-refractivity contribution in [3.8, 4) is 0 Å². The van der Waals surface area contributed by atoms with E-state index in [2.05, 4.69) is 0 Å². The fourth-order valence-electron chi connectivity index (χ4n) is 0.540. The van der Waals surface area contributed by atoms with Gasteiger partial charge < -0.3 is 0 Å². The third-order valence-corrected chi connectivity index (χ3v) is 1.83. The van der Waals surface area contributed by atoms with Crippen LogP contribution in [0.15, 0.2) is 23.5 Å². The zero-order valence-electron chi connectivity index (χ0n) is 6.28. The quantitative estimate of drug-likeness (QED) is 0.352. The molecule has 0 aromatic carbocycles. The molecule has 0 saturated heterocycles. The van der Waals surface area contributed by atoms with Gasteiger partial charge in [0.05, 0.1) is 0 Å². The Morgan fingerprint density at radius 2 is 2.36 bits per heavy atom. The maximum atomic E-state index is 10.3. The number of allylic oxidation sites excluding steroid dienone is 3. The van der Waals surface area contributed by atoms with Crippen molar-refractivity contribution in [1.29, 1.82) is 0 Å². The van der Waals surface area contributed by atoms with Gasteiger partial charge in [0.25, 0.3) is 0 Å². The molecule has 0 aromatic rings. The van der Waals surface area contributed by atoms with Crippen molar-refractivity contribution in [1.82, 2.24) is 0 Å². The number of hydrogen-bond acceptors (Lipinski definition) is 3. The van der Waals surface area contributed by atoms with E-state index in [4.69, 9.17) is 5.73 Å². The molecule has 0 aliphatic heterocycles. The number of rotatable bonds is 3. The predicted octanol–water partition coefficient (Wildman–Crippen LogP) is 0.596. The van der Waals surface area contributed by atoms with Crippen LogP contribution < -0.4 is 5.73 Å². The van der Waals surface area contributed by atoms with Crippen LogP contribution in [0.5, 0.6) is 0 Å². The van der Waals surface area contributed by atoms with Gasteiger partial charge in [-0.05, 0) is 0 Å². The average molecular weight is 346 g/mol. The third kappa shape index (κ3) is 4.94. The van der Waals surface area contributed by atoms with Gasteiger partial charge in [-0.25, -0.2) is 0 Å². The molecule has 0 amide bonds. The molecular weight excluding hydrogens is 336 g/mol. The molecule has 0 bridgehead atoms. The molecule has 4 nitrogen and oxygen atoms in total. The summed E-state index contributed by atoms with van der Waals surface area (Å²) >= 11 is 0.751. The predicted molar refractivity (Wildman–Crippen MR) is 43.6 cm³/mol. The van der Waals surface area contributed by atoms with Crippen molar-refractivity contribution in [2.24, 2.45) is 5.73 Å². The standard InChI is InChI=1S/C6H9N2O2.Tl/c1-3-6(8(9)10)4-5(2)7;/h3-4H,1,7H2,2H3;/b5-4-,6-3+;. The van der Waals surface area contributed by atoms with Crippen LogP contribution in [0.3, 0.4) is 0 Å². The Morgan fingerprint density at radius 3 is 2.64 bits per heavy atom. The molecule has 0 aliphatic carbocycles. The minimum absolute atomic E-state index is 0.104. The number of nitrogens with zero attached hydrogens (tertiary/aromatic N) is 1. The van der Waals surface area contributed by atoms with E-state index in [1.807, 2.05) is 0 Å². The Bertz CT molecular complexity index is 207. The summed E-state index contributed by atoms with van der Waals surface area (Å²) in [5.74, 6) is 0. The molecule has 0 atom stereocenters.